The minimum atomic E-state index is -0.131. The lowest BCUT2D eigenvalue weighted by atomic mass is 10.4. The Bertz CT molecular complexity index is 424. The lowest BCUT2D eigenvalue weighted by molar-refractivity contribution is 0.269. The van der Waals surface area contributed by atoms with Crippen LogP contribution in [0.3, 0.4) is 0 Å². The van der Waals surface area contributed by atoms with Crippen LogP contribution in [0.2, 0.25) is 0 Å². The molecule has 0 spiro atoms. The SMILES string of the molecule is COc1ccc2nnc(CO)n2c1. The Morgan fingerprint density at radius 3 is 3.00 bits per heavy atom. The van der Waals surface area contributed by atoms with Crippen molar-refractivity contribution in [3.8, 4) is 5.75 Å². The van der Waals surface area contributed by atoms with Gasteiger partial charge >= 0.3 is 0 Å². The number of nitrogens with zero attached hydrogens (tertiary/aromatic N) is 3. The molecule has 2 aromatic heterocycles. The molecule has 0 saturated carbocycles. The van der Waals surface area contributed by atoms with E-state index in [-0.39, 0.29) is 6.61 Å². The van der Waals surface area contributed by atoms with Gasteiger partial charge in [-0.05, 0) is 12.1 Å². The summed E-state index contributed by atoms with van der Waals surface area (Å²) < 4.78 is 6.73. The number of hydrogen-bond acceptors (Lipinski definition) is 4. The molecule has 0 radical (unpaired) electrons. The quantitative estimate of drug-likeness (QED) is 0.716. The van der Waals surface area contributed by atoms with E-state index in [4.69, 9.17) is 9.84 Å². The molecular formula is C8H9N3O2. The van der Waals surface area contributed by atoms with Gasteiger partial charge in [0.2, 0.25) is 0 Å². The zero-order valence-electron chi connectivity index (χ0n) is 7.14. The summed E-state index contributed by atoms with van der Waals surface area (Å²) in [7, 11) is 1.59. The Labute approximate surface area is 74.6 Å². The highest BCUT2D eigenvalue weighted by molar-refractivity contribution is 5.41. The van der Waals surface area contributed by atoms with E-state index < -0.39 is 0 Å². The zero-order chi connectivity index (χ0) is 9.26. The average Bonchev–Trinajstić information content (AvgIpc) is 2.59. The van der Waals surface area contributed by atoms with Crippen LogP contribution in [0.25, 0.3) is 5.65 Å². The van der Waals surface area contributed by atoms with Crippen LogP contribution in [-0.4, -0.2) is 26.8 Å². The molecule has 5 heteroatoms. The van der Waals surface area contributed by atoms with E-state index in [0.717, 1.165) is 0 Å². The molecule has 0 bridgehead atoms. The third kappa shape index (κ3) is 1.23. The van der Waals surface area contributed by atoms with Crippen LogP contribution >= 0.6 is 0 Å². The first-order valence-electron chi connectivity index (χ1n) is 3.83. The summed E-state index contributed by atoms with van der Waals surface area (Å²) in [5, 5.41) is 16.6. The normalized spacial score (nSPS) is 10.6. The first-order chi connectivity index (χ1) is 6.35. The second-order valence-corrected chi connectivity index (χ2v) is 2.57. The number of pyridine rings is 1. The first kappa shape index (κ1) is 8.00. The largest absolute Gasteiger partial charge is 0.495 e. The molecule has 5 nitrogen and oxygen atoms in total. The molecule has 2 aromatic rings. The number of aromatic nitrogens is 3. The number of methoxy groups -OCH3 is 1. The summed E-state index contributed by atoms with van der Waals surface area (Å²) in [5.74, 6) is 1.22. The van der Waals surface area contributed by atoms with E-state index in [0.29, 0.717) is 17.2 Å². The highest BCUT2D eigenvalue weighted by atomic mass is 16.5. The lowest BCUT2D eigenvalue weighted by Crippen LogP contribution is -1.94. The molecule has 0 aliphatic carbocycles. The predicted octanol–water partition coefficient (Wildman–Crippen LogP) is 0.230. The van der Waals surface area contributed by atoms with Gasteiger partial charge in [0.25, 0.3) is 0 Å². The van der Waals surface area contributed by atoms with Gasteiger partial charge in [-0.1, -0.05) is 0 Å². The van der Waals surface area contributed by atoms with Crippen molar-refractivity contribution in [2.24, 2.45) is 0 Å². The minimum absolute atomic E-state index is 0.131. The van der Waals surface area contributed by atoms with Gasteiger partial charge in [0.1, 0.15) is 12.4 Å². The number of hydrogen-bond donors (Lipinski definition) is 1. The lowest BCUT2D eigenvalue weighted by Gasteiger charge is -2.00. The molecule has 2 heterocycles. The average molecular weight is 179 g/mol. The summed E-state index contributed by atoms with van der Waals surface area (Å²) in [6, 6.07) is 3.58. The summed E-state index contributed by atoms with van der Waals surface area (Å²) in [6.45, 7) is -0.131. The van der Waals surface area contributed by atoms with Crippen molar-refractivity contribution in [1.29, 1.82) is 0 Å². The molecule has 13 heavy (non-hydrogen) atoms. The van der Waals surface area contributed by atoms with Gasteiger partial charge in [-0.25, -0.2) is 0 Å². The topological polar surface area (TPSA) is 59.7 Å². The van der Waals surface area contributed by atoms with E-state index >= 15 is 0 Å². The maximum absolute atomic E-state index is 8.92. The Balaban J connectivity index is 2.64. The smallest absolute Gasteiger partial charge is 0.163 e. The molecule has 68 valence electrons. The molecule has 0 atom stereocenters. The fourth-order valence-corrected chi connectivity index (χ4v) is 1.15. The van der Waals surface area contributed by atoms with Crippen molar-refractivity contribution in [2.75, 3.05) is 7.11 Å². The van der Waals surface area contributed by atoms with Crippen LogP contribution in [0, 0.1) is 0 Å². The first-order valence-corrected chi connectivity index (χ1v) is 3.83. The fourth-order valence-electron chi connectivity index (χ4n) is 1.15. The number of aliphatic hydroxyl groups is 1. The Hall–Kier alpha value is -1.62. The number of rotatable bonds is 2. The molecule has 0 aromatic carbocycles. The molecule has 0 saturated heterocycles. The summed E-state index contributed by atoms with van der Waals surface area (Å²) >= 11 is 0. The molecular weight excluding hydrogens is 170 g/mol. The van der Waals surface area contributed by atoms with Crippen molar-refractivity contribution < 1.29 is 9.84 Å². The predicted molar refractivity (Wildman–Crippen MR) is 45.5 cm³/mol. The van der Waals surface area contributed by atoms with Gasteiger partial charge in [-0.15, -0.1) is 10.2 Å². The van der Waals surface area contributed by atoms with Crippen LogP contribution in [0.1, 0.15) is 5.82 Å². The van der Waals surface area contributed by atoms with Crippen molar-refractivity contribution in [1.82, 2.24) is 14.6 Å². The molecule has 0 amide bonds. The van der Waals surface area contributed by atoms with E-state index in [1.54, 1.807) is 29.8 Å². The number of fused-ring (bicyclic) bond motifs is 1. The fraction of sp³-hybridized carbons (Fsp3) is 0.250. The summed E-state index contributed by atoms with van der Waals surface area (Å²) in [5.41, 5.74) is 0.699. The third-order valence-corrected chi connectivity index (χ3v) is 1.82. The van der Waals surface area contributed by atoms with Crippen LogP contribution in [0.5, 0.6) is 5.75 Å². The van der Waals surface area contributed by atoms with Crippen LogP contribution in [-0.2, 0) is 6.61 Å². The highest BCUT2D eigenvalue weighted by Crippen LogP contribution is 2.12. The van der Waals surface area contributed by atoms with Gasteiger partial charge in [0.15, 0.2) is 11.5 Å². The van der Waals surface area contributed by atoms with Gasteiger partial charge in [-0.3, -0.25) is 4.40 Å². The maximum Gasteiger partial charge on any atom is 0.163 e. The van der Waals surface area contributed by atoms with Gasteiger partial charge < -0.3 is 9.84 Å². The van der Waals surface area contributed by atoms with Crippen LogP contribution < -0.4 is 4.74 Å². The highest BCUT2D eigenvalue weighted by Gasteiger charge is 2.03. The van der Waals surface area contributed by atoms with Crippen molar-refractivity contribution in [3.63, 3.8) is 0 Å². The standard InChI is InChI=1S/C8H9N3O2/c1-13-6-2-3-7-9-10-8(5-12)11(7)4-6/h2-4,12H,5H2,1H3. The van der Waals surface area contributed by atoms with Crippen molar-refractivity contribution in [2.45, 2.75) is 6.61 Å². The Morgan fingerprint density at radius 2 is 2.31 bits per heavy atom. The molecule has 2 rings (SSSR count). The second-order valence-electron chi connectivity index (χ2n) is 2.57. The van der Waals surface area contributed by atoms with E-state index in [1.165, 1.54) is 0 Å². The van der Waals surface area contributed by atoms with Gasteiger partial charge in [0, 0.05) is 0 Å². The summed E-state index contributed by atoms with van der Waals surface area (Å²) in [6.07, 6.45) is 1.74. The molecule has 0 aliphatic rings. The van der Waals surface area contributed by atoms with Crippen molar-refractivity contribution >= 4 is 5.65 Å². The molecule has 0 fully saturated rings. The molecule has 0 unspecified atom stereocenters. The minimum Gasteiger partial charge on any atom is -0.495 e. The molecule has 1 N–H and O–H groups in total. The molecule has 0 aliphatic heterocycles. The summed E-state index contributed by atoms with van der Waals surface area (Å²) in [4.78, 5) is 0. The number of ether oxygens (including phenoxy) is 1. The van der Waals surface area contributed by atoms with Crippen molar-refractivity contribution in [3.05, 3.63) is 24.2 Å². The Kier molecular flexibility index (Phi) is 1.86. The zero-order valence-corrected chi connectivity index (χ0v) is 7.14. The van der Waals surface area contributed by atoms with Crippen LogP contribution in [0.4, 0.5) is 0 Å². The maximum atomic E-state index is 8.92. The van der Waals surface area contributed by atoms with E-state index in [1.807, 2.05) is 0 Å². The monoisotopic (exact) mass is 179 g/mol. The van der Waals surface area contributed by atoms with Gasteiger partial charge in [0.05, 0.1) is 13.3 Å². The Morgan fingerprint density at radius 1 is 1.46 bits per heavy atom. The number of aliphatic hydroxyl groups excluding tert-OH is 1. The van der Waals surface area contributed by atoms with E-state index in [9.17, 15) is 0 Å². The van der Waals surface area contributed by atoms with E-state index in [2.05, 4.69) is 10.2 Å². The van der Waals surface area contributed by atoms with Crippen LogP contribution in [0.15, 0.2) is 18.3 Å². The third-order valence-electron chi connectivity index (χ3n) is 1.82. The second kappa shape index (κ2) is 3.02. The van der Waals surface area contributed by atoms with Gasteiger partial charge in [-0.2, -0.15) is 0 Å².